The summed E-state index contributed by atoms with van der Waals surface area (Å²) in [7, 11) is 0. The first-order valence-corrected chi connectivity index (χ1v) is 7.95. The molecule has 2 aliphatic rings. The third-order valence-electron chi connectivity index (χ3n) is 4.94. The highest BCUT2D eigenvalue weighted by Gasteiger charge is 2.25. The Labute approximate surface area is 135 Å². The number of rotatable bonds is 3. The van der Waals surface area contributed by atoms with Gasteiger partial charge in [-0.1, -0.05) is 18.2 Å². The minimum Gasteiger partial charge on any atom is -0.315 e. The van der Waals surface area contributed by atoms with Crippen LogP contribution in [0.15, 0.2) is 18.2 Å². The number of benzene rings is 1. The van der Waals surface area contributed by atoms with Crippen LogP contribution in [0.3, 0.4) is 0 Å². The Hall–Kier alpha value is -0.610. The van der Waals surface area contributed by atoms with Crippen molar-refractivity contribution in [3.63, 3.8) is 0 Å². The van der Waals surface area contributed by atoms with Crippen LogP contribution in [0, 0.1) is 13.8 Å². The van der Waals surface area contributed by atoms with Gasteiger partial charge in [-0.15, -0.1) is 12.4 Å². The van der Waals surface area contributed by atoms with E-state index in [1.54, 1.807) is 0 Å². The van der Waals surface area contributed by atoms with Gasteiger partial charge in [0.15, 0.2) is 0 Å². The second-order valence-electron chi connectivity index (χ2n) is 6.38. The predicted molar refractivity (Wildman–Crippen MR) is 91.3 cm³/mol. The third-order valence-corrected chi connectivity index (χ3v) is 4.94. The van der Waals surface area contributed by atoms with E-state index in [9.17, 15) is 0 Å². The molecule has 1 aromatic carbocycles. The first kappa shape index (κ1) is 16.8. The van der Waals surface area contributed by atoms with Gasteiger partial charge in [0.05, 0.1) is 0 Å². The number of nitrogens with one attached hydrogen (secondary N) is 1. The highest BCUT2D eigenvalue weighted by atomic mass is 35.5. The van der Waals surface area contributed by atoms with Gasteiger partial charge >= 0.3 is 0 Å². The molecule has 3 rings (SSSR count). The molecule has 0 bridgehead atoms. The van der Waals surface area contributed by atoms with E-state index in [0.717, 1.165) is 12.6 Å². The zero-order chi connectivity index (χ0) is 13.9. The summed E-state index contributed by atoms with van der Waals surface area (Å²) >= 11 is 0. The maximum Gasteiger partial charge on any atom is 0.0234 e. The van der Waals surface area contributed by atoms with Crippen molar-refractivity contribution < 1.29 is 0 Å². The molecule has 0 aliphatic carbocycles. The number of aryl methyl sites for hydroxylation is 2. The molecule has 1 N–H and O–H groups in total. The summed E-state index contributed by atoms with van der Waals surface area (Å²) in [6, 6.07) is 7.68. The first-order chi connectivity index (χ1) is 9.72. The van der Waals surface area contributed by atoms with E-state index < -0.39 is 0 Å². The van der Waals surface area contributed by atoms with Crippen LogP contribution < -0.4 is 5.32 Å². The van der Waals surface area contributed by atoms with Crippen molar-refractivity contribution in [2.24, 2.45) is 0 Å². The number of hydrogen-bond acceptors (Lipinski definition) is 3. The lowest BCUT2D eigenvalue weighted by Gasteiger charge is -2.37. The van der Waals surface area contributed by atoms with Crippen LogP contribution >= 0.6 is 12.4 Å². The molecule has 2 aliphatic heterocycles. The fraction of sp³-hybridized carbons (Fsp3) is 0.647. The number of piperazine rings is 1. The highest BCUT2D eigenvalue weighted by molar-refractivity contribution is 5.85. The van der Waals surface area contributed by atoms with E-state index in [1.165, 1.54) is 62.4 Å². The summed E-state index contributed by atoms with van der Waals surface area (Å²) in [5.74, 6) is 0. The Morgan fingerprint density at radius 3 is 2.48 bits per heavy atom. The van der Waals surface area contributed by atoms with Crippen LogP contribution in [0.2, 0.25) is 0 Å². The number of halogens is 1. The fourth-order valence-corrected chi connectivity index (χ4v) is 3.40. The average molecular weight is 310 g/mol. The van der Waals surface area contributed by atoms with Gasteiger partial charge in [0.2, 0.25) is 0 Å². The molecule has 0 aromatic heterocycles. The summed E-state index contributed by atoms with van der Waals surface area (Å²) < 4.78 is 0. The molecular weight excluding hydrogens is 282 g/mol. The summed E-state index contributed by atoms with van der Waals surface area (Å²) in [6.07, 6.45) is 1.33. The third kappa shape index (κ3) is 4.19. The molecule has 3 nitrogen and oxygen atoms in total. The Kier molecular flexibility index (Phi) is 6.06. The lowest BCUT2D eigenvalue weighted by atomic mass is 10.1. The van der Waals surface area contributed by atoms with Gasteiger partial charge in [-0.2, -0.15) is 0 Å². The molecule has 1 aromatic rings. The van der Waals surface area contributed by atoms with Gasteiger partial charge in [0, 0.05) is 45.3 Å². The molecule has 0 radical (unpaired) electrons. The molecule has 2 fully saturated rings. The van der Waals surface area contributed by atoms with Gasteiger partial charge in [-0.25, -0.2) is 0 Å². The van der Waals surface area contributed by atoms with E-state index in [0.29, 0.717) is 0 Å². The van der Waals surface area contributed by atoms with Crippen LogP contribution in [0.1, 0.15) is 23.1 Å². The molecule has 2 heterocycles. The van der Waals surface area contributed by atoms with E-state index in [1.807, 2.05) is 0 Å². The van der Waals surface area contributed by atoms with Crippen molar-refractivity contribution in [2.45, 2.75) is 32.9 Å². The van der Waals surface area contributed by atoms with Crippen LogP contribution in [0.25, 0.3) is 0 Å². The fourth-order valence-electron chi connectivity index (χ4n) is 3.40. The molecule has 118 valence electrons. The van der Waals surface area contributed by atoms with Gasteiger partial charge in [0.1, 0.15) is 0 Å². The lowest BCUT2D eigenvalue weighted by Crippen LogP contribution is -2.50. The van der Waals surface area contributed by atoms with Crippen molar-refractivity contribution in [3.8, 4) is 0 Å². The predicted octanol–water partition coefficient (Wildman–Crippen LogP) is 2.20. The summed E-state index contributed by atoms with van der Waals surface area (Å²) in [4.78, 5) is 5.28. The lowest BCUT2D eigenvalue weighted by molar-refractivity contribution is 0.0981. The zero-order valence-corrected chi connectivity index (χ0v) is 14.1. The second kappa shape index (κ2) is 7.59. The van der Waals surface area contributed by atoms with Crippen LogP contribution in [-0.2, 0) is 6.54 Å². The standard InChI is InChI=1S/C17H27N3.ClH/c1-14-3-4-16(11-15(14)2)13-19-7-9-20(10-8-19)17-5-6-18-12-17;/h3-4,11,17-18H,5-10,12-13H2,1-2H3;1H. The summed E-state index contributed by atoms with van der Waals surface area (Å²) in [5.41, 5.74) is 4.27. The van der Waals surface area contributed by atoms with E-state index in [-0.39, 0.29) is 12.4 Å². The highest BCUT2D eigenvalue weighted by Crippen LogP contribution is 2.15. The molecule has 21 heavy (non-hydrogen) atoms. The number of nitrogens with zero attached hydrogens (tertiary/aromatic N) is 2. The van der Waals surface area contributed by atoms with Gasteiger partial charge in [-0.05, 0) is 43.5 Å². The Morgan fingerprint density at radius 1 is 1.10 bits per heavy atom. The second-order valence-corrected chi connectivity index (χ2v) is 6.38. The van der Waals surface area contributed by atoms with E-state index in [2.05, 4.69) is 47.2 Å². The Balaban J connectivity index is 0.00000161. The molecule has 2 saturated heterocycles. The normalized spacial score (nSPS) is 24.0. The van der Waals surface area contributed by atoms with Crippen molar-refractivity contribution in [1.29, 1.82) is 0 Å². The maximum absolute atomic E-state index is 3.48. The van der Waals surface area contributed by atoms with Crippen LogP contribution in [-0.4, -0.2) is 55.1 Å². The van der Waals surface area contributed by atoms with Crippen LogP contribution in [0.5, 0.6) is 0 Å². The molecule has 0 spiro atoms. The monoisotopic (exact) mass is 309 g/mol. The molecule has 1 unspecified atom stereocenters. The zero-order valence-electron chi connectivity index (χ0n) is 13.3. The summed E-state index contributed by atoms with van der Waals surface area (Å²) in [6.45, 7) is 12.8. The maximum atomic E-state index is 3.48. The van der Waals surface area contributed by atoms with Crippen molar-refractivity contribution in [2.75, 3.05) is 39.3 Å². The molecule has 1 atom stereocenters. The number of hydrogen-bond donors (Lipinski definition) is 1. The molecule has 0 amide bonds. The van der Waals surface area contributed by atoms with Gasteiger partial charge in [-0.3, -0.25) is 9.80 Å². The quantitative estimate of drug-likeness (QED) is 0.923. The topological polar surface area (TPSA) is 18.5 Å². The minimum atomic E-state index is 0. The molecule has 4 heteroatoms. The summed E-state index contributed by atoms with van der Waals surface area (Å²) in [5, 5.41) is 3.48. The Morgan fingerprint density at radius 2 is 1.86 bits per heavy atom. The SMILES string of the molecule is Cc1ccc(CN2CCN(C3CCNC3)CC2)cc1C.Cl. The Bertz CT molecular complexity index is 449. The molecule has 0 saturated carbocycles. The van der Waals surface area contributed by atoms with Gasteiger partial charge in [0.25, 0.3) is 0 Å². The minimum absolute atomic E-state index is 0. The van der Waals surface area contributed by atoms with E-state index >= 15 is 0 Å². The van der Waals surface area contributed by atoms with Crippen molar-refractivity contribution >= 4 is 12.4 Å². The largest absolute Gasteiger partial charge is 0.315 e. The van der Waals surface area contributed by atoms with Crippen molar-refractivity contribution in [1.82, 2.24) is 15.1 Å². The smallest absolute Gasteiger partial charge is 0.0234 e. The molecular formula is C17H28ClN3. The van der Waals surface area contributed by atoms with Crippen molar-refractivity contribution in [3.05, 3.63) is 34.9 Å². The van der Waals surface area contributed by atoms with Crippen LogP contribution in [0.4, 0.5) is 0 Å². The van der Waals surface area contributed by atoms with Gasteiger partial charge < -0.3 is 5.32 Å². The average Bonchev–Trinajstić information content (AvgIpc) is 2.98. The first-order valence-electron chi connectivity index (χ1n) is 7.95. The van der Waals surface area contributed by atoms with E-state index in [4.69, 9.17) is 0 Å².